The average Bonchev–Trinajstić information content (AvgIpc) is 3.15. The van der Waals surface area contributed by atoms with E-state index >= 15 is 0 Å². The molecule has 0 aliphatic rings. The molecule has 6 rings (SSSR count). The van der Waals surface area contributed by atoms with Crippen LogP contribution in [0.1, 0.15) is 0 Å². The third-order valence-electron chi connectivity index (χ3n) is 8.40. The molecule has 0 atom stereocenters. The number of rotatable bonds is 14. The normalized spacial score (nSPS) is 12.8. The molecule has 0 spiro atoms. The lowest BCUT2D eigenvalue weighted by Gasteiger charge is -2.48. The summed E-state index contributed by atoms with van der Waals surface area (Å²) in [6.07, 6.45) is 0. The molecular formula is C42H48O4Si5. The van der Waals surface area contributed by atoms with Crippen LogP contribution in [0.5, 0.6) is 0 Å². The van der Waals surface area contributed by atoms with Crippen LogP contribution in [0.15, 0.2) is 182 Å². The molecule has 0 fully saturated rings. The van der Waals surface area contributed by atoms with E-state index in [1.165, 1.54) is 0 Å². The maximum atomic E-state index is 8.30. The number of hydrogen-bond donors (Lipinski definition) is 0. The third kappa shape index (κ3) is 8.33. The van der Waals surface area contributed by atoms with Crippen molar-refractivity contribution in [3.8, 4) is 0 Å². The van der Waals surface area contributed by atoms with Gasteiger partial charge in [0, 0.05) is 0 Å². The lowest BCUT2D eigenvalue weighted by Crippen LogP contribution is -2.81. The van der Waals surface area contributed by atoms with E-state index in [4.69, 9.17) is 16.5 Å². The largest absolute Gasteiger partial charge is 0.430 e. The van der Waals surface area contributed by atoms with Crippen LogP contribution < -0.4 is 31.1 Å². The fourth-order valence-corrected chi connectivity index (χ4v) is 28.7. The molecule has 4 nitrogen and oxygen atoms in total. The van der Waals surface area contributed by atoms with Crippen molar-refractivity contribution in [1.82, 2.24) is 0 Å². The summed E-state index contributed by atoms with van der Waals surface area (Å²) in [5.74, 6) is 0. The molecule has 0 heterocycles. The van der Waals surface area contributed by atoms with E-state index in [-0.39, 0.29) is 0 Å². The third-order valence-corrected chi connectivity index (χ3v) is 26.8. The van der Waals surface area contributed by atoms with Crippen LogP contribution in [0.2, 0.25) is 39.3 Å². The second kappa shape index (κ2) is 15.5. The van der Waals surface area contributed by atoms with E-state index in [0.29, 0.717) is 0 Å². The summed E-state index contributed by atoms with van der Waals surface area (Å²) < 4.78 is 31.8. The van der Waals surface area contributed by atoms with Crippen LogP contribution in [-0.4, -0.2) is 42.3 Å². The van der Waals surface area contributed by atoms with Gasteiger partial charge in [-0.05, 0) is 70.4 Å². The van der Waals surface area contributed by atoms with Gasteiger partial charge in [0.2, 0.25) is 0 Å². The first-order valence-electron chi connectivity index (χ1n) is 17.6. The summed E-state index contributed by atoms with van der Waals surface area (Å²) in [6.45, 7) is 13.5. The Morgan fingerprint density at radius 3 is 0.549 bits per heavy atom. The lowest BCUT2D eigenvalue weighted by atomic mass is 10.4. The lowest BCUT2D eigenvalue weighted by molar-refractivity contribution is 0.326. The minimum absolute atomic E-state index is 1.00. The zero-order valence-electron chi connectivity index (χ0n) is 30.5. The topological polar surface area (TPSA) is 36.9 Å². The molecule has 0 radical (unpaired) electrons. The van der Waals surface area contributed by atoms with Gasteiger partial charge in [-0.1, -0.05) is 182 Å². The monoisotopic (exact) mass is 756 g/mol. The standard InChI is InChI=1S/C42H48O4Si5/c1-47(2,3)43-49(37-25-13-7-14-26-37,38-27-15-8-16-28-38)45-51(41-33-21-11-22-34-41,42-35-23-12-24-36-42)46-50(44-48(4,5)6,39-29-17-9-18-30-39)40-31-19-10-20-32-40/h7-36H,1-6H3. The van der Waals surface area contributed by atoms with Crippen LogP contribution in [-0.2, 0) is 16.5 Å². The van der Waals surface area contributed by atoms with Crippen LogP contribution in [0.3, 0.4) is 0 Å². The summed E-state index contributed by atoms with van der Waals surface area (Å²) in [5, 5.41) is 6.18. The van der Waals surface area contributed by atoms with E-state index in [1.54, 1.807) is 0 Å². The smallest absolute Gasteiger partial charge is 0.390 e. The predicted octanol–water partition coefficient (Wildman–Crippen LogP) is 6.49. The number of benzene rings is 6. The van der Waals surface area contributed by atoms with Crippen molar-refractivity contribution in [1.29, 1.82) is 0 Å². The maximum absolute atomic E-state index is 8.30. The molecule has 0 unspecified atom stereocenters. The Balaban J connectivity index is 1.77. The second-order valence-electron chi connectivity index (χ2n) is 14.7. The molecule has 0 saturated carbocycles. The second-order valence-corrected chi connectivity index (χ2v) is 33.6. The van der Waals surface area contributed by atoms with Gasteiger partial charge in [-0.2, -0.15) is 0 Å². The van der Waals surface area contributed by atoms with Crippen molar-refractivity contribution < 1.29 is 16.5 Å². The van der Waals surface area contributed by atoms with Gasteiger partial charge in [-0.25, -0.2) is 0 Å². The van der Waals surface area contributed by atoms with Gasteiger partial charge in [0.15, 0.2) is 16.6 Å². The van der Waals surface area contributed by atoms with Gasteiger partial charge >= 0.3 is 25.7 Å². The zero-order chi connectivity index (χ0) is 36.0. The Morgan fingerprint density at radius 1 is 0.235 bits per heavy atom. The molecule has 0 aliphatic heterocycles. The van der Waals surface area contributed by atoms with Gasteiger partial charge < -0.3 is 16.5 Å². The van der Waals surface area contributed by atoms with Crippen LogP contribution in [0.25, 0.3) is 0 Å². The van der Waals surface area contributed by atoms with E-state index < -0.39 is 42.3 Å². The molecular weight excluding hydrogens is 709 g/mol. The van der Waals surface area contributed by atoms with Gasteiger partial charge in [-0.15, -0.1) is 0 Å². The Morgan fingerprint density at radius 2 is 0.392 bits per heavy atom. The average molecular weight is 757 g/mol. The first-order chi connectivity index (χ1) is 24.5. The van der Waals surface area contributed by atoms with Crippen LogP contribution in [0.4, 0.5) is 0 Å². The van der Waals surface area contributed by atoms with Gasteiger partial charge in [0.25, 0.3) is 0 Å². The fourth-order valence-electron chi connectivity index (χ4n) is 6.48. The van der Waals surface area contributed by atoms with Crippen LogP contribution >= 0.6 is 0 Å². The molecule has 9 heteroatoms. The fraction of sp³-hybridized carbons (Fsp3) is 0.143. The molecule has 6 aromatic rings. The summed E-state index contributed by atoms with van der Waals surface area (Å²) in [6, 6.07) is 63.5. The molecule has 0 N–H and O–H groups in total. The van der Waals surface area contributed by atoms with Crippen molar-refractivity contribution in [3.05, 3.63) is 182 Å². The van der Waals surface area contributed by atoms with E-state index in [9.17, 15) is 0 Å². The Bertz CT molecular complexity index is 1730. The van der Waals surface area contributed by atoms with Crippen molar-refractivity contribution in [2.75, 3.05) is 0 Å². The highest BCUT2D eigenvalue weighted by Crippen LogP contribution is 2.28. The summed E-state index contributed by atoms with van der Waals surface area (Å²) in [7, 11) is -15.6. The Labute approximate surface area is 309 Å². The molecule has 0 aromatic heterocycles. The van der Waals surface area contributed by atoms with Crippen molar-refractivity contribution >= 4 is 73.4 Å². The van der Waals surface area contributed by atoms with E-state index in [0.717, 1.165) is 31.1 Å². The van der Waals surface area contributed by atoms with Gasteiger partial charge in [0.1, 0.15) is 0 Å². The first-order valence-corrected chi connectivity index (χ1v) is 29.9. The van der Waals surface area contributed by atoms with Crippen LogP contribution in [0, 0.1) is 0 Å². The minimum Gasteiger partial charge on any atom is -0.430 e. The quantitative estimate of drug-likeness (QED) is 0.119. The molecule has 0 saturated heterocycles. The predicted molar refractivity (Wildman–Crippen MR) is 225 cm³/mol. The van der Waals surface area contributed by atoms with Crippen molar-refractivity contribution in [2.45, 2.75) is 39.3 Å². The van der Waals surface area contributed by atoms with Crippen molar-refractivity contribution in [3.63, 3.8) is 0 Å². The molecule has 0 amide bonds. The maximum Gasteiger partial charge on any atom is 0.390 e. The summed E-state index contributed by atoms with van der Waals surface area (Å²) >= 11 is 0. The minimum atomic E-state index is -3.83. The van der Waals surface area contributed by atoms with Crippen molar-refractivity contribution in [2.24, 2.45) is 0 Å². The molecule has 6 aromatic carbocycles. The molecule has 51 heavy (non-hydrogen) atoms. The van der Waals surface area contributed by atoms with E-state index in [2.05, 4.69) is 221 Å². The van der Waals surface area contributed by atoms with Gasteiger partial charge in [-0.3, -0.25) is 0 Å². The highest BCUT2D eigenvalue weighted by Gasteiger charge is 2.61. The Hall–Kier alpha value is -3.76. The highest BCUT2D eigenvalue weighted by molar-refractivity contribution is 7.11. The van der Waals surface area contributed by atoms with Gasteiger partial charge in [0.05, 0.1) is 0 Å². The Kier molecular flexibility index (Phi) is 11.2. The summed E-state index contributed by atoms with van der Waals surface area (Å²) in [4.78, 5) is 0. The molecule has 260 valence electrons. The van der Waals surface area contributed by atoms with E-state index in [1.807, 2.05) is 0 Å². The SMILES string of the molecule is C[Si](C)(C)O[Si](O[Si](O[Si](O[Si](C)(C)C)(c1ccccc1)c1ccccc1)(c1ccccc1)c1ccccc1)(c1ccccc1)c1ccccc1. The highest BCUT2D eigenvalue weighted by atomic mass is 28.5. The first kappa shape index (κ1) is 37.0. The number of hydrogen-bond acceptors (Lipinski definition) is 4. The molecule has 0 bridgehead atoms. The zero-order valence-corrected chi connectivity index (χ0v) is 35.5. The summed E-state index contributed by atoms with van der Waals surface area (Å²) in [5.41, 5.74) is 0. The molecule has 0 aliphatic carbocycles.